The Bertz CT molecular complexity index is 959. The zero-order valence-corrected chi connectivity index (χ0v) is 12.5. The molecule has 0 spiro atoms. The van der Waals surface area contributed by atoms with Crippen molar-refractivity contribution in [1.82, 2.24) is 15.0 Å². The minimum absolute atomic E-state index is 0.250. The maximum absolute atomic E-state index is 8.12. The SMILES string of the molecule is O=C=O.c1cnc(Nc2c3ccccc3nc3ccccc23)nc1. The number of rotatable bonds is 2. The highest BCUT2D eigenvalue weighted by Gasteiger charge is 2.09. The van der Waals surface area contributed by atoms with E-state index in [2.05, 4.69) is 27.4 Å². The zero-order chi connectivity index (χ0) is 16.8. The van der Waals surface area contributed by atoms with Gasteiger partial charge in [-0.15, -0.1) is 0 Å². The van der Waals surface area contributed by atoms with E-state index in [4.69, 9.17) is 14.6 Å². The van der Waals surface area contributed by atoms with E-state index < -0.39 is 0 Å². The van der Waals surface area contributed by atoms with Gasteiger partial charge in [0.15, 0.2) is 0 Å². The summed E-state index contributed by atoms with van der Waals surface area (Å²) < 4.78 is 0. The molecule has 6 heteroatoms. The molecule has 0 aliphatic rings. The number of hydrogen-bond acceptors (Lipinski definition) is 6. The summed E-state index contributed by atoms with van der Waals surface area (Å²) in [5.74, 6) is 0.582. The van der Waals surface area contributed by atoms with Crippen LogP contribution in [-0.4, -0.2) is 21.1 Å². The number of nitrogens with zero attached hydrogens (tertiary/aromatic N) is 3. The van der Waals surface area contributed by atoms with E-state index in [1.807, 2.05) is 36.4 Å². The summed E-state index contributed by atoms with van der Waals surface area (Å²) in [4.78, 5) is 29.4. The van der Waals surface area contributed by atoms with Crippen molar-refractivity contribution in [2.75, 3.05) is 5.32 Å². The Balaban J connectivity index is 0.000000526. The first-order valence-electron chi connectivity index (χ1n) is 7.14. The summed E-state index contributed by atoms with van der Waals surface area (Å²) in [5.41, 5.74) is 2.90. The second kappa shape index (κ2) is 7.09. The lowest BCUT2D eigenvalue weighted by Gasteiger charge is -2.11. The molecule has 0 bridgehead atoms. The molecule has 0 aliphatic carbocycles. The Hall–Kier alpha value is -3.63. The molecule has 24 heavy (non-hydrogen) atoms. The molecule has 0 fully saturated rings. The molecule has 0 unspecified atom stereocenters. The number of fused-ring (bicyclic) bond motifs is 2. The molecular weight excluding hydrogens is 304 g/mol. The highest BCUT2D eigenvalue weighted by atomic mass is 16.2. The van der Waals surface area contributed by atoms with Crippen molar-refractivity contribution < 1.29 is 9.59 Å². The van der Waals surface area contributed by atoms with Gasteiger partial charge in [0.25, 0.3) is 0 Å². The molecule has 0 aliphatic heterocycles. The average molecular weight is 316 g/mol. The van der Waals surface area contributed by atoms with Crippen molar-refractivity contribution >= 4 is 39.6 Å². The van der Waals surface area contributed by atoms with Crippen LogP contribution in [0.5, 0.6) is 0 Å². The van der Waals surface area contributed by atoms with E-state index in [0.717, 1.165) is 27.5 Å². The van der Waals surface area contributed by atoms with E-state index in [1.165, 1.54) is 0 Å². The molecule has 6 nitrogen and oxygen atoms in total. The lowest BCUT2D eigenvalue weighted by atomic mass is 10.1. The molecule has 1 N–H and O–H groups in total. The molecule has 4 aromatic rings. The van der Waals surface area contributed by atoms with Crippen molar-refractivity contribution in [3.05, 3.63) is 67.0 Å². The van der Waals surface area contributed by atoms with Crippen LogP contribution in [0.3, 0.4) is 0 Å². The number of pyridine rings is 1. The largest absolute Gasteiger partial charge is 0.373 e. The van der Waals surface area contributed by atoms with Crippen LogP contribution in [0.1, 0.15) is 0 Å². The van der Waals surface area contributed by atoms with Crippen molar-refractivity contribution in [3.8, 4) is 0 Å². The number of benzene rings is 2. The summed E-state index contributed by atoms with van der Waals surface area (Å²) in [6, 6.07) is 17.9. The fourth-order valence-electron chi connectivity index (χ4n) is 2.45. The van der Waals surface area contributed by atoms with Gasteiger partial charge in [-0.1, -0.05) is 36.4 Å². The van der Waals surface area contributed by atoms with Crippen LogP contribution in [-0.2, 0) is 9.59 Å². The van der Waals surface area contributed by atoms with Gasteiger partial charge in [0.05, 0.1) is 16.7 Å². The topological polar surface area (TPSA) is 84.8 Å². The normalized spacial score (nSPS) is 9.83. The molecule has 0 amide bonds. The van der Waals surface area contributed by atoms with Crippen molar-refractivity contribution in [1.29, 1.82) is 0 Å². The minimum atomic E-state index is 0.250. The summed E-state index contributed by atoms with van der Waals surface area (Å²) in [6.45, 7) is 0. The Morgan fingerprint density at radius 1 is 0.750 bits per heavy atom. The molecule has 116 valence electrons. The third-order valence-corrected chi connectivity index (χ3v) is 3.39. The number of anilines is 2. The van der Waals surface area contributed by atoms with Gasteiger partial charge < -0.3 is 5.32 Å². The van der Waals surface area contributed by atoms with Gasteiger partial charge in [0.1, 0.15) is 0 Å². The van der Waals surface area contributed by atoms with Gasteiger partial charge in [-0.2, -0.15) is 9.59 Å². The molecule has 0 saturated heterocycles. The fraction of sp³-hybridized carbons (Fsp3) is 0. The first kappa shape index (κ1) is 15.3. The van der Waals surface area contributed by atoms with Gasteiger partial charge in [-0.3, -0.25) is 0 Å². The van der Waals surface area contributed by atoms with Gasteiger partial charge in [-0.05, 0) is 18.2 Å². The molecule has 0 saturated carbocycles. The average Bonchev–Trinajstić information content (AvgIpc) is 2.63. The highest BCUT2D eigenvalue weighted by Crippen LogP contribution is 2.31. The first-order valence-corrected chi connectivity index (χ1v) is 7.14. The van der Waals surface area contributed by atoms with Gasteiger partial charge in [0.2, 0.25) is 5.95 Å². The number of aromatic nitrogens is 3. The van der Waals surface area contributed by atoms with Crippen LogP contribution in [0.25, 0.3) is 21.8 Å². The fourth-order valence-corrected chi connectivity index (χ4v) is 2.45. The predicted molar refractivity (Wildman–Crippen MR) is 89.6 cm³/mol. The molecule has 2 aromatic heterocycles. The first-order chi connectivity index (χ1) is 11.8. The summed E-state index contributed by atoms with van der Waals surface area (Å²) in [6.07, 6.45) is 3.70. The monoisotopic (exact) mass is 316 g/mol. The van der Waals surface area contributed by atoms with Crippen LogP contribution >= 0.6 is 0 Å². The maximum atomic E-state index is 8.12. The third kappa shape index (κ3) is 3.09. The molecule has 0 radical (unpaired) electrons. The Labute approximate surface area is 137 Å². The van der Waals surface area contributed by atoms with Crippen LogP contribution in [0.15, 0.2) is 67.0 Å². The van der Waals surface area contributed by atoms with Gasteiger partial charge in [0, 0.05) is 23.2 Å². The summed E-state index contributed by atoms with van der Waals surface area (Å²) in [7, 11) is 0. The Morgan fingerprint density at radius 3 is 1.79 bits per heavy atom. The van der Waals surface area contributed by atoms with Gasteiger partial charge in [-0.25, -0.2) is 15.0 Å². The molecule has 0 atom stereocenters. The lowest BCUT2D eigenvalue weighted by molar-refractivity contribution is -0.191. The van der Waals surface area contributed by atoms with E-state index in [1.54, 1.807) is 18.5 Å². The molecule has 2 heterocycles. The van der Waals surface area contributed by atoms with E-state index >= 15 is 0 Å². The Kier molecular flexibility index (Phi) is 4.51. The third-order valence-electron chi connectivity index (χ3n) is 3.39. The van der Waals surface area contributed by atoms with E-state index in [-0.39, 0.29) is 6.15 Å². The lowest BCUT2D eigenvalue weighted by Crippen LogP contribution is -1.98. The van der Waals surface area contributed by atoms with Crippen molar-refractivity contribution in [2.24, 2.45) is 0 Å². The summed E-state index contributed by atoms with van der Waals surface area (Å²) >= 11 is 0. The van der Waals surface area contributed by atoms with Gasteiger partial charge >= 0.3 is 6.15 Å². The van der Waals surface area contributed by atoms with Crippen molar-refractivity contribution in [3.63, 3.8) is 0 Å². The molecular formula is C18H12N4O2. The van der Waals surface area contributed by atoms with Crippen LogP contribution in [0.2, 0.25) is 0 Å². The maximum Gasteiger partial charge on any atom is 0.373 e. The standard InChI is InChI=1S/C17H12N4.CO2/c1-3-8-14-12(6-1)16(21-17-18-10-5-11-19-17)13-7-2-4-9-15(13)20-14;2-1-3/h1-11H,(H,18,19,20,21);. The predicted octanol–water partition coefficient (Wildman–Crippen LogP) is 3.34. The van der Waals surface area contributed by atoms with E-state index in [9.17, 15) is 0 Å². The number of para-hydroxylation sites is 2. The quantitative estimate of drug-likeness (QED) is 0.571. The van der Waals surface area contributed by atoms with Crippen LogP contribution in [0, 0.1) is 0 Å². The highest BCUT2D eigenvalue weighted by molar-refractivity contribution is 6.08. The van der Waals surface area contributed by atoms with Crippen LogP contribution in [0.4, 0.5) is 11.6 Å². The number of nitrogens with one attached hydrogen (secondary N) is 1. The zero-order valence-electron chi connectivity index (χ0n) is 12.5. The van der Waals surface area contributed by atoms with Crippen molar-refractivity contribution in [2.45, 2.75) is 0 Å². The number of hydrogen-bond donors (Lipinski definition) is 1. The minimum Gasteiger partial charge on any atom is -0.323 e. The molecule has 4 rings (SSSR count). The molecule has 2 aromatic carbocycles. The summed E-state index contributed by atoms with van der Waals surface area (Å²) in [5, 5.41) is 5.45. The number of carbonyl (C=O) groups excluding carboxylic acids is 2. The van der Waals surface area contributed by atoms with E-state index in [0.29, 0.717) is 5.95 Å². The van der Waals surface area contributed by atoms with Crippen LogP contribution < -0.4 is 5.32 Å². The second-order valence-corrected chi connectivity index (χ2v) is 4.80. The Morgan fingerprint density at radius 2 is 1.25 bits per heavy atom. The smallest absolute Gasteiger partial charge is 0.323 e. The second-order valence-electron chi connectivity index (χ2n) is 4.80.